The van der Waals surface area contributed by atoms with Crippen molar-refractivity contribution >= 4 is 28.9 Å². The van der Waals surface area contributed by atoms with Gasteiger partial charge in [0.1, 0.15) is 5.75 Å². The first-order valence-electron chi connectivity index (χ1n) is 6.53. The van der Waals surface area contributed by atoms with Crippen molar-refractivity contribution in [3.63, 3.8) is 0 Å². The van der Waals surface area contributed by atoms with Crippen LogP contribution in [-0.4, -0.2) is 13.2 Å². The van der Waals surface area contributed by atoms with Crippen molar-refractivity contribution in [1.29, 1.82) is 0 Å². The fourth-order valence-electron chi connectivity index (χ4n) is 2.09. The van der Waals surface area contributed by atoms with Gasteiger partial charge in [-0.3, -0.25) is 0 Å². The van der Waals surface area contributed by atoms with Crippen molar-refractivity contribution in [3.8, 4) is 5.75 Å². The van der Waals surface area contributed by atoms with E-state index >= 15 is 0 Å². The van der Waals surface area contributed by atoms with Crippen molar-refractivity contribution < 1.29 is 9.13 Å². The molecule has 0 heterocycles. The van der Waals surface area contributed by atoms with Gasteiger partial charge in [-0.25, -0.2) is 4.39 Å². The normalized spacial score (nSPS) is 12.0. The first kappa shape index (κ1) is 15.9. The number of anilines is 1. The van der Waals surface area contributed by atoms with Gasteiger partial charge in [0, 0.05) is 11.7 Å². The molecule has 0 saturated carbocycles. The molecular weight excluding hydrogens is 312 g/mol. The molecule has 2 rings (SSSR count). The van der Waals surface area contributed by atoms with Crippen molar-refractivity contribution in [2.24, 2.45) is 0 Å². The van der Waals surface area contributed by atoms with Crippen LogP contribution in [0.4, 0.5) is 10.1 Å². The van der Waals surface area contributed by atoms with E-state index in [9.17, 15) is 4.39 Å². The topological polar surface area (TPSA) is 21.3 Å². The fourth-order valence-corrected chi connectivity index (χ4v) is 2.58. The highest BCUT2D eigenvalue weighted by atomic mass is 35.5. The van der Waals surface area contributed by atoms with Crippen LogP contribution < -0.4 is 10.1 Å². The molecule has 112 valence electrons. The highest BCUT2D eigenvalue weighted by Crippen LogP contribution is 2.28. The van der Waals surface area contributed by atoms with Crippen LogP contribution in [0.3, 0.4) is 0 Å². The third-order valence-corrected chi connectivity index (χ3v) is 3.65. The summed E-state index contributed by atoms with van der Waals surface area (Å²) >= 11 is 11.6. The van der Waals surface area contributed by atoms with Gasteiger partial charge in [0.25, 0.3) is 0 Å². The Morgan fingerprint density at radius 3 is 2.24 bits per heavy atom. The number of hydrogen-bond acceptors (Lipinski definition) is 2. The van der Waals surface area contributed by atoms with E-state index in [1.807, 2.05) is 31.2 Å². The maximum absolute atomic E-state index is 13.4. The molecule has 0 radical (unpaired) electrons. The second-order valence-electron chi connectivity index (χ2n) is 4.85. The molecule has 1 N–H and O–H groups in total. The molecule has 2 aromatic carbocycles. The summed E-state index contributed by atoms with van der Waals surface area (Å²) in [6.07, 6.45) is 0.816. The second kappa shape index (κ2) is 7.01. The molecule has 2 nitrogen and oxygen atoms in total. The van der Waals surface area contributed by atoms with Gasteiger partial charge >= 0.3 is 0 Å². The molecule has 0 bridgehead atoms. The lowest BCUT2D eigenvalue weighted by molar-refractivity contribution is 0.414. The Morgan fingerprint density at radius 1 is 1.14 bits per heavy atom. The van der Waals surface area contributed by atoms with Crippen LogP contribution in [0.2, 0.25) is 10.0 Å². The number of hydrogen-bond donors (Lipinski definition) is 1. The zero-order chi connectivity index (χ0) is 15.4. The molecule has 21 heavy (non-hydrogen) atoms. The van der Waals surface area contributed by atoms with Crippen molar-refractivity contribution in [2.75, 3.05) is 12.4 Å². The van der Waals surface area contributed by atoms with Gasteiger partial charge in [0.05, 0.1) is 17.2 Å². The minimum Gasteiger partial charge on any atom is -0.497 e. The van der Waals surface area contributed by atoms with Gasteiger partial charge in [-0.2, -0.15) is 0 Å². The van der Waals surface area contributed by atoms with E-state index in [-0.39, 0.29) is 16.1 Å². The maximum Gasteiger partial charge on any atom is 0.160 e. The van der Waals surface area contributed by atoms with E-state index in [2.05, 4.69) is 5.32 Å². The molecule has 0 amide bonds. The van der Waals surface area contributed by atoms with Crippen molar-refractivity contribution in [2.45, 2.75) is 19.4 Å². The first-order valence-corrected chi connectivity index (χ1v) is 7.29. The number of rotatable bonds is 5. The molecule has 0 aromatic heterocycles. The molecule has 0 aliphatic carbocycles. The molecule has 0 aliphatic rings. The highest BCUT2D eigenvalue weighted by Gasteiger charge is 2.10. The minimum absolute atomic E-state index is 0.0154. The van der Waals surface area contributed by atoms with Crippen molar-refractivity contribution in [3.05, 3.63) is 57.8 Å². The second-order valence-corrected chi connectivity index (χ2v) is 5.67. The summed E-state index contributed by atoms with van der Waals surface area (Å²) < 4.78 is 18.5. The summed E-state index contributed by atoms with van der Waals surface area (Å²) in [5.74, 6) is 0.239. The Balaban J connectivity index is 2.02. The Morgan fingerprint density at radius 2 is 1.71 bits per heavy atom. The zero-order valence-corrected chi connectivity index (χ0v) is 13.3. The summed E-state index contributed by atoms with van der Waals surface area (Å²) in [6.45, 7) is 2.04. The lowest BCUT2D eigenvalue weighted by Gasteiger charge is -2.16. The molecule has 0 spiro atoms. The molecule has 2 aromatic rings. The first-order chi connectivity index (χ1) is 9.99. The zero-order valence-electron chi connectivity index (χ0n) is 11.8. The summed E-state index contributed by atoms with van der Waals surface area (Å²) in [4.78, 5) is 0. The molecule has 0 aliphatic heterocycles. The largest absolute Gasteiger partial charge is 0.497 e. The predicted octanol–water partition coefficient (Wildman–Crippen LogP) is 5.18. The summed E-state index contributed by atoms with van der Waals surface area (Å²) in [6, 6.07) is 11.1. The highest BCUT2D eigenvalue weighted by molar-refractivity contribution is 6.35. The minimum atomic E-state index is -0.591. The summed E-state index contributed by atoms with van der Waals surface area (Å²) in [7, 11) is 1.64. The van der Waals surface area contributed by atoms with Gasteiger partial charge in [-0.05, 0) is 43.2 Å². The molecule has 0 fully saturated rings. The predicted molar refractivity (Wildman–Crippen MR) is 86.2 cm³/mol. The van der Waals surface area contributed by atoms with Crippen LogP contribution >= 0.6 is 23.2 Å². The van der Waals surface area contributed by atoms with Crippen LogP contribution in [0, 0.1) is 5.82 Å². The number of ether oxygens (including phenoxy) is 1. The molecular formula is C16H16Cl2FNO. The lowest BCUT2D eigenvalue weighted by atomic mass is 10.1. The number of halogens is 3. The van der Waals surface area contributed by atoms with Crippen LogP contribution in [0.1, 0.15) is 12.5 Å². The van der Waals surface area contributed by atoms with Crippen LogP contribution in [-0.2, 0) is 6.42 Å². The smallest absolute Gasteiger partial charge is 0.160 e. The number of methoxy groups -OCH3 is 1. The fraction of sp³-hybridized carbons (Fsp3) is 0.250. The molecule has 5 heteroatoms. The van der Waals surface area contributed by atoms with Gasteiger partial charge < -0.3 is 10.1 Å². The number of benzene rings is 2. The Kier molecular flexibility index (Phi) is 5.32. The van der Waals surface area contributed by atoms with Gasteiger partial charge in [0.2, 0.25) is 0 Å². The van der Waals surface area contributed by atoms with E-state index in [0.717, 1.165) is 12.2 Å². The maximum atomic E-state index is 13.4. The van der Waals surface area contributed by atoms with Gasteiger partial charge in [0.15, 0.2) is 5.82 Å². The molecule has 0 saturated heterocycles. The Labute approximate surface area is 133 Å². The third kappa shape index (κ3) is 4.26. The van der Waals surface area contributed by atoms with Gasteiger partial charge in [-0.15, -0.1) is 0 Å². The average Bonchev–Trinajstić information content (AvgIpc) is 2.45. The number of nitrogens with one attached hydrogen (secondary N) is 1. The van der Waals surface area contributed by atoms with Gasteiger partial charge in [-0.1, -0.05) is 35.3 Å². The Bertz CT molecular complexity index is 593. The summed E-state index contributed by atoms with van der Waals surface area (Å²) in [5, 5.41) is 3.29. The lowest BCUT2D eigenvalue weighted by Crippen LogP contribution is -2.18. The van der Waals surface area contributed by atoms with Crippen molar-refractivity contribution in [1.82, 2.24) is 0 Å². The van der Waals surface area contributed by atoms with Crippen LogP contribution in [0.15, 0.2) is 36.4 Å². The van der Waals surface area contributed by atoms with E-state index in [1.54, 1.807) is 7.11 Å². The van der Waals surface area contributed by atoms with Crippen LogP contribution in [0.25, 0.3) is 0 Å². The van der Waals surface area contributed by atoms with E-state index < -0.39 is 5.82 Å². The average molecular weight is 328 g/mol. The quantitative estimate of drug-likeness (QED) is 0.763. The van der Waals surface area contributed by atoms with E-state index in [1.165, 1.54) is 17.7 Å². The van der Waals surface area contributed by atoms with Crippen LogP contribution in [0.5, 0.6) is 5.75 Å². The van der Waals surface area contributed by atoms with E-state index in [4.69, 9.17) is 27.9 Å². The SMILES string of the molecule is COc1ccc(CC(C)Nc2cc(Cl)c(F)c(Cl)c2)cc1. The molecule has 1 unspecified atom stereocenters. The third-order valence-electron chi connectivity index (χ3n) is 3.10. The Hall–Kier alpha value is -1.45. The summed E-state index contributed by atoms with van der Waals surface area (Å²) in [5.41, 5.74) is 1.88. The molecule has 1 atom stereocenters. The van der Waals surface area contributed by atoms with E-state index in [0.29, 0.717) is 5.69 Å². The standard InChI is InChI=1S/C16H16Cl2FNO/c1-10(7-11-3-5-13(21-2)6-4-11)20-12-8-14(17)16(19)15(18)9-12/h3-6,8-10,20H,7H2,1-2H3. The monoisotopic (exact) mass is 327 g/mol.